The van der Waals surface area contributed by atoms with Crippen molar-refractivity contribution < 1.29 is 13.5 Å². The molecule has 0 radical (unpaired) electrons. The van der Waals surface area contributed by atoms with Crippen molar-refractivity contribution in [3.8, 4) is 0 Å². The molecule has 3 aromatic rings. The lowest BCUT2D eigenvalue weighted by Crippen LogP contribution is -2.32. The van der Waals surface area contributed by atoms with Gasteiger partial charge >= 0.3 is 0 Å². The number of anilines is 2. The first kappa shape index (κ1) is 21.0. The molecule has 168 valence electrons. The number of nitrogens with one attached hydrogen (secondary N) is 1. The van der Waals surface area contributed by atoms with Crippen molar-refractivity contribution in [2.24, 2.45) is 0 Å². The summed E-state index contributed by atoms with van der Waals surface area (Å²) in [7, 11) is 0. The number of fused-ring (bicyclic) bond motifs is 1. The molecule has 2 aliphatic rings. The maximum absolute atomic E-state index is 14.7. The minimum Gasteiger partial charge on any atom is -0.373 e. The van der Waals surface area contributed by atoms with E-state index in [0.717, 1.165) is 61.2 Å². The standard InChI is InChI=1S/C24H27F2N5O/c1-15(25)19-6-3-5-17(21(19)26)12-28-23-20-11-18(13-27-22(20)16(2)29-30-23)31-9-8-24(14-31)7-4-10-32-24/h3,5-6,11,13,15H,4,7-10,12,14H2,1-2H3,(H,28,30). The van der Waals surface area contributed by atoms with Crippen molar-refractivity contribution in [1.82, 2.24) is 15.2 Å². The molecule has 1 spiro atoms. The zero-order chi connectivity index (χ0) is 22.3. The Labute approximate surface area is 186 Å². The summed E-state index contributed by atoms with van der Waals surface area (Å²) in [5, 5.41) is 12.5. The van der Waals surface area contributed by atoms with Crippen molar-refractivity contribution in [2.75, 3.05) is 29.9 Å². The second-order valence-electron chi connectivity index (χ2n) is 8.82. The summed E-state index contributed by atoms with van der Waals surface area (Å²) in [4.78, 5) is 6.97. The summed E-state index contributed by atoms with van der Waals surface area (Å²) in [6, 6.07) is 6.85. The monoisotopic (exact) mass is 439 g/mol. The zero-order valence-electron chi connectivity index (χ0n) is 18.4. The minimum atomic E-state index is -1.37. The highest BCUT2D eigenvalue weighted by Gasteiger charge is 2.41. The van der Waals surface area contributed by atoms with E-state index in [9.17, 15) is 8.78 Å². The molecule has 2 unspecified atom stereocenters. The Balaban J connectivity index is 1.43. The van der Waals surface area contributed by atoms with Gasteiger partial charge in [0.25, 0.3) is 0 Å². The molecule has 1 aromatic carbocycles. The van der Waals surface area contributed by atoms with E-state index in [-0.39, 0.29) is 17.7 Å². The predicted octanol–water partition coefficient (Wildman–Crippen LogP) is 4.87. The molecule has 4 heterocycles. The van der Waals surface area contributed by atoms with E-state index >= 15 is 0 Å². The molecule has 0 amide bonds. The summed E-state index contributed by atoms with van der Waals surface area (Å²) in [5.41, 5.74) is 2.91. The van der Waals surface area contributed by atoms with E-state index in [1.807, 2.05) is 13.1 Å². The number of halogens is 2. The van der Waals surface area contributed by atoms with Crippen LogP contribution in [0.4, 0.5) is 20.3 Å². The van der Waals surface area contributed by atoms with Crippen LogP contribution in [0.5, 0.6) is 0 Å². The van der Waals surface area contributed by atoms with Crippen LogP contribution in [-0.2, 0) is 11.3 Å². The highest BCUT2D eigenvalue weighted by Crippen LogP contribution is 2.38. The minimum absolute atomic E-state index is 0.0292. The van der Waals surface area contributed by atoms with Crippen molar-refractivity contribution in [2.45, 2.75) is 51.4 Å². The Bertz CT molecular complexity index is 1150. The van der Waals surface area contributed by atoms with Gasteiger partial charge in [-0.1, -0.05) is 18.2 Å². The van der Waals surface area contributed by atoms with E-state index < -0.39 is 12.0 Å². The highest BCUT2D eigenvalue weighted by molar-refractivity contribution is 5.92. The average molecular weight is 440 g/mol. The van der Waals surface area contributed by atoms with Crippen molar-refractivity contribution >= 4 is 22.4 Å². The highest BCUT2D eigenvalue weighted by atomic mass is 19.1. The number of aromatic nitrogens is 3. The maximum Gasteiger partial charge on any atom is 0.158 e. The SMILES string of the molecule is Cc1nnc(NCc2cccc(C(C)F)c2F)c2cc(N3CCC4(CCCO4)C3)cnc12. The van der Waals surface area contributed by atoms with Crippen LogP contribution >= 0.6 is 0 Å². The number of hydrogen-bond acceptors (Lipinski definition) is 6. The molecule has 2 saturated heterocycles. The number of alkyl halides is 1. The molecule has 2 aliphatic heterocycles. The fraction of sp³-hybridized carbons (Fsp3) is 0.458. The van der Waals surface area contributed by atoms with Crippen LogP contribution in [0.2, 0.25) is 0 Å². The summed E-state index contributed by atoms with van der Waals surface area (Å²) >= 11 is 0. The van der Waals surface area contributed by atoms with Crippen LogP contribution in [0.3, 0.4) is 0 Å². The predicted molar refractivity (Wildman–Crippen MR) is 120 cm³/mol. The normalized spacial score (nSPS) is 21.6. The van der Waals surface area contributed by atoms with E-state index in [2.05, 4.69) is 31.5 Å². The molecule has 0 saturated carbocycles. The Kier molecular flexibility index (Phi) is 5.41. The van der Waals surface area contributed by atoms with Gasteiger partial charge in [0.2, 0.25) is 0 Å². The van der Waals surface area contributed by atoms with Crippen LogP contribution in [0, 0.1) is 12.7 Å². The first-order chi connectivity index (χ1) is 15.5. The Hall–Kier alpha value is -2.87. The number of hydrogen-bond donors (Lipinski definition) is 1. The van der Waals surface area contributed by atoms with Gasteiger partial charge in [0.1, 0.15) is 12.0 Å². The van der Waals surface area contributed by atoms with Gasteiger partial charge < -0.3 is 15.0 Å². The molecule has 0 aliphatic carbocycles. The van der Waals surface area contributed by atoms with Gasteiger partial charge in [-0.05, 0) is 39.2 Å². The lowest BCUT2D eigenvalue weighted by molar-refractivity contribution is 0.0231. The number of pyridine rings is 1. The Morgan fingerprint density at radius 3 is 2.94 bits per heavy atom. The molecule has 2 fully saturated rings. The molecular weight excluding hydrogens is 412 g/mol. The van der Waals surface area contributed by atoms with Crippen LogP contribution in [0.25, 0.3) is 10.9 Å². The van der Waals surface area contributed by atoms with Gasteiger partial charge in [0, 0.05) is 42.8 Å². The van der Waals surface area contributed by atoms with Crippen LogP contribution < -0.4 is 10.2 Å². The molecule has 5 rings (SSSR count). The topological polar surface area (TPSA) is 63.2 Å². The zero-order valence-corrected chi connectivity index (χ0v) is 18.4. The number of ether oxygens (including phenoxy) is 1. The van der Waals surface area contributed by atoms with Gasteiger partial charge in [-0.3, -0.25) is 4.98 Å². The van der Waals surface area contributed by atoms with Crippen LogP contribution in [0.1, 0.15) is 49.2 Å². The molecule has 8 heteroatoms. The molecular formula is C24H27F2N5O. The van der Waals surface area contributed by atoms with Gasteiger partial charge in [-0.25, -0.2) is 8.78 Å². The maximum atomic E-state index is 14.7. The van der Waals surface area contributed by atoms with Crippen molar-refractivity contribution in [1.29, 1.82) is 0 Å². The second kappa shape index (κ2) is 8.24. The summed E-state index contributed by atoms with van der Waals surface area (Å²) in [6.07, 6.45) is 3.75. The number of benzene rings is 1. The van der Waals surface area contributed by atoms with Crippen LogP contribution in [0.15, 0.2) is 30.5 Å². The third kappa shape index (κ3) is 3.77. The van der Waals surface area contributed by atoms with Gasteiger partial charge in [-0.15, -0.1) is 5.10 Å². The molecule has 1 N–H and O–H groups in total. The lowest BCUT2D eigenvalue weighted by Gasteiger charge is -2.24. The molecule has 0 bridgehead atoms. The third-order valence-electron chi connectivity index (χ3n) is 6.62. The Morgan fingerprint density at radius 2 is 2.16 bits per heavy atom. The molecule has 6 nitrogen and oxygen atoms in total. The number of nitrogens with zero attached hydrogens (tertiary/aromatic N) is 4. The van der Waals surface area contributed by atoms with E-state index in [0.29, 0.717) is 11.4 Å². The van der Waals surface area contributed by atoms with E-state index in [1.165, 1.54) is 13.0 Å². The smallest absolute Gasteiger partial charge is 0.158 e. The molecule has 32 heavy (non-hydrogen) atoms. The van der Waals surface area contributed by atoms with Crippen LogP contribution in [-0.4, -0.2) is 40.5 Å². The third-order valence-corrected chi connectivity index (χ3v) is 6.62. The van der Waals surface area contributed by atoms with Gasteiger partial charge in [0.15, 0.2) is 5.82 Å². The first-order valence-electron chi connectivity index (χ1n) is 11.1. The number of rotatable bonds is 5. The van der Waals surface area contributed by atoms with Crippen molar-refractivity contribution in [3.05, 3.63) is 53.1 Å². The fourth-order valence-corrected chi connectivity index (χ4v) is 4.82. The Morgan fingerprint density at radius 1 is 1.28 bits per heavy atom. The number of aryl methyl sites for hydroxylation is 1. The summed E-state index contributed by atoms with van der Waals surface area (Å²) < 4.78 is 34.4. The quantitative estimate of drug-likeness (QED) is 0.612. The van der Waals surface area contributed by atoms with Gasteiger partial charge in [0.05, 0.1) is 28.7 Å². The average Bonchev–Trinajstić information content (AvgIpc) is 3.43. The van der Waals surface area contributed by atoms with E-state index in [1.54, 1.807) is 12.1 Å². The summed E-state index contributed by atoms with van der Waals surface area (Å²) in [6.45, 7) is 6.00. The molecule has 2 aromatic heterocycles. The molecule has 2 atom stereocenters. The van der Waals surface area contributed by atoms with Gasteiger partial charge in [-0.2, -0.15) is 5.10 Å². The fourth-order valence-electron chi connectivity index (χ4n) is 4.82. The largest absolute Gasteiger partial charge is 0.373 e. The second-order valence-corrected chi connectivity index (χ2v) is 8.82. The van der Waals surface area contributed by atoms with E-state index in [4.69, 9.17) is 4.74 Å². The summed E-state index contributed by atoms with van der Waals surface area (Å²) in [5.74, 6) is 0.00111. The lowest BCUT2D eigenvalue weighted by atomic mass is 10.00. The van der Waals surface area contributed by atoms with Crippen molar-refractivity contribution in [3.63, 3.8) is 0 Å². The first-order valence-corrected chi connectivity index (χ1v) is 11.1.